The van der Waals surface area contributed by atoms with Crippen molar-refractivity contribution in [1.82, 2.24) is 10.2 Å². The number of benzene rings is 3. The van der Waals surface area contributed by atoms with Crippen molar-refractivity contribution >= 4 is 27.5 Å². The fourth-order valence-electron chi connectivity index (χ4n) is 4.74. The molecule has 2 unspecified atom stereocenters. The van der Waals surface area contributed by atoms with E-state index in [0.29, 0.717) is 17.9 Å². The Labute approximate surface area is 250 Å². The molecule has 0 saturated heterocycles. The van der Waals surface area contributed by atoms with Crippen molar-refractivity contribution in [2.24, 2.45) is 0 Å². The molecule has 9 heteroatoms. The number of ether oxygens (including phenoxy) is 1. The highest BCUT2D eigenvalue weighted by Gasteiger charge is 2.31. The molecule has 0 aliphatic rings. The Bertz CT molecular complexity index is 1430. The smallest absolute Gasteiger partial charge is 0.243 e. The van der Waals surface area contributed by atoms with Crippen LogP contribution >= 0.6 is 0 Å². The van der Waals surface area contributed by atoms with Gasteiger partial charge in [-0.1, -0.05) is 67.6 Å². The van der Waals surface area contributed by atoms with Crippen LogP contribution in [0.5, 0.6) is 5.75 Å². The van der Waals surface area contributed by atoms with Crippen LogP contribution in [0.25, 0.3) is 0 Å². The number of carbonyl (C=O) groups excluding carboxylic acids is 2. The lowest BCUT2D eigenvalue weighted by atomic mass is 10.0. The first-order chi connectivity index (χ1) is 20.0. The lowest BCUT2D eigenvalue weighted by Gasteiger charge is -2.33. The molecule has 0 aromatic heterocycles. The Balaban J connectivity index is 1.90. The van der Waals surface area contributed by atoms with E-state index in [9.17, 15) is 18.0 Å². The van der Waals surface area contributed by atoms with Gasteiger partial charge >= 0.3 is 0 Å². The van der Waals surface area contributed by atoms with Gasteiger partial charge in [0.15, 0.2) is 0 Å². The molecule has 2 amide bonds. The van der Waals surface area contributed by atoms with Crippen LogP contribution in [0, 0.1) is 6.92 Å². The zero-order valence-electron chi connectivity index (χ0n) is 25.2. The van der Waals surface area contributed by atoms with Crippen molar-refractivity contribution in [1.29, 1.82) is 0 Å². The first kappa shape index (κ1) is 32.7. The minimum absolute atomic E-state index is 0.0441. The third-order valence-electron chi connectivity index (χ3n) is 7.37. The average Bonchev–Trinajstić information content (AvgIpc) is 2.97. The third-order valence-corrected chi connectivity index (χ3v) is 8.56. The molecule has 0 aliphatic carbocycles. The third kappa shape index (κ3) is 9.34. The monoisotopic (exact) mass is 593 g/mol. The number of hydrogen-bond acceptors (Lipinski definition) is 5. The lowest BCUT2D eigenvalue weighted by Crippen LogP contribution is -2.52. The van der Waals surface area contributed by atoms with Crippen molar-refractivity contribution in [2.75, 3.05) is 24.2 Å². The Morgan fingerprint density at radius 3 is 2.31 bits per heavy atom. The highest BCUT2D eigenvalue weighted by molar-refractivity contribution is 7.92. The number of carbonyl (C=O) groups is 2. The van der Waals surface area contributed by atoms with Gasteiger partial charge in [-0.25, -0.2) is 8.42 Å². The van der Waals surface area contributed by atoms with Gasteiger partial charge in [-0.15, -0.1) is 0 Å². The standard InChI is InChI=1S/C33H43N3O5S/c1-6-26(3)34-33(38)31(22-27-15-8-7-9-16-27)35(24-28-17-11-10-14-25(28)2)32(37)20-13-21-36(42(5,39)40)29-18-12-19-30(23-29)41-4/h7-12,14-19,23,26,31H,6,13,20-22,24H2,1-5H3,(H,34,38). The second kappa shape index (κ2) is 15.4. The van der Waals surface area contributed by atoms with Crippen LogP contribution in [-0.4, -0.2) is 57.1 Å². The van der Waals surface area contributed by atoms with Crippen LogP contribution < -0.4 is 14.4 Å². The first-order valence-corrected chi connectivity index (χ1v) is 16.2. The zero-order chi connectivity index (χ0) is 30.7. The maximum Gasteiger partial charge on any atom is 0.243 e. The van der Waals surface area contributed by atoms with Crippen molar-refractivity contribution in [3.05, 3.63) is 95.6 Å². The molecule has 0 fully saturated rings. The number of methoxy groups -OCH3 is 1. The molecule has 1 N–H and O–H groups in total. The second-order valence-electron chi connectivity index (χ2n) is 10.6. The lowest BCUT2D eigenvalue weighted by molar-refractivity contribution is -0.141. The molecule has 3 aromatic carbocycles. The van der Waals surface area contributed by atoms with Gasteiger partial charge < -0.3 is 15.0 Å². The first-order valence-electron chi connectivity index (χ1n) is 14.3. The predicted octanol–water partition coefficient (Wildman–Crippen LogP) is 5.10. The average molecular weight is 594 g/mol. The fraction of sp³-hybridized carbons (Fsp3) is 0.394. The SMILES string of the molecule is CCC(C)NC(=O)C(Cc1ccccc1)N(Cc1ccccc1C)C(=O)CCCN(c1cccc(OC)c1)S(C)(=O)=O. The quantitative estimate of drug-likeness (QED) is 0.264. The van der Waals surface area contributed by atoms with Gasteiger partial charge in [-0.05, 0) is 55.5 Å². The van der Waals surface area contributed by atoms with Crippen LogP contribution in [0.3, 0.4) is 0 Å². The highest BCUT2D eigenvalue weighted by atomic mass is 32.2. The summed E-state index contributed by atoms with van der Waals surface area (Å²) in [6, 6.07) is 23.5. The van der Waals surface area contributed by atoms with E-state index in [1.807, 2.05) is 75.4 Å². The van der Waals surface area contributed by atoms with E-state index in [-0.39, 0.29) is 43.8 Å². The summed E-state index contributed by atoms with van der Waals surface area (Å²) in [6.07, 6.45) is 2.62. The topological polar surface area (TPSA) is 96.0 Å². The number of hydrogen-bond donors (Lipinski definition) is 1. The van der Waals surface area contributed by atoms with Gasteiger partial charge in [-0.2, -0.15) is 0 Å². The molecule has 0 saturated carbocycles. The molecular weight excluding hydrogens is 550 g/mol. The molecule has 226 valence electrons. The minimum Gasteiger partial charge on any atom is -0.497 e. The minimum atomic E-state index is -3.61. The van der Waals surface area contributed by atoms with E-state index in [4.69, 9.17) is 4.74 Å². The van der Waals surface area contributed by atoms with Gasteiger partial charge in [0.25, 0.3) is 0 Å². The van der Waals surface area contributed by atoms with E-state index < -0.39 is 16.1 Å². The number of rotatable bonds is 15. The molecule has 8 nitrogen and oxygen atoms in total. The Hall–Kier alpha value is -3.85. The second-order valence-corrected chi connectivity index (χ2v) is 12.5. The number of amides is 2. The van der Waals surface area contributed by atoms with Crippen molar-refractivity contribution in [3.63, 3.8) is 0 Å². The maximum absolute atomic E-state index is 14.0. The Kier molecular flexibility index (Phi) is 12.0. The molecule has 0 heterocycles. The van der Waals surface area contributed by atoms with Gasteiger partial charge in [0.05, 0.1) is 19.1 Å². The highest BCUT2D eigenvalue weighted by Crippen LogP contribution is 2.24. The summed E-state index contributed by atoms with van der Waals surface area (Å²) in [6.45, 7) is 6.31. The number of sulfonamides is 1. The normalized spacial score (nSPS) is 12.7. The molecule has 0 radical (unpaired) electrons. The van der Waals surface area contributed by atoms with Crippen LogP contribution in [0.2, 0.25) is 0 Å². The Morgan fingerprint density at radius 2 is 1.67 bits per heavy atom. The number of anilines is 1. The van der Waals surface area contributed by atoms with E-state index >= 15 is 0 Å². The predicted molar refractivity (Wildman–Crippen MR) is 168 cm³/mol. The zero-order valence-corrected chi connectivity index (χ0v) is 26.1. The molecule has 3 rings (SSSR count). The largest absolute Gasteiger partial charge is 0.497 e. The summed E-state index contributed by atoms with van der Waals surface area (Å²) in [5, 5.41) is 3.08. The van der Waals surface area contributed by atoms with Crippen molar-refractivity contribution in [3.8, 4) is 5.75 Å². The number of nitrogens with one attached hydrogen (secondary N) is 1. The van der Waals surface area contributed by atoms with Gasteiger partial charge in [0, 0.05) is 38.0 Å². The van der Waals surface area contributed by atoms with E-state index in [1.54, 1.807) is 29.2 Å². The molecule has 0 aliphatic heterocycles. The van der Waals surface area contributed by atoms with Gasteiger partial charge in [-0.3, -0.25) is 13.9 Å². The fourth-order valence-corrected chi connectivity index (χ4v) is 5.69. The summed E-state index contributed by atoms with van der Waals surface area (Å²) >= 11 is 0. The van der Waals surface area contributed by atoms with Crippen LogP contribution in [0.1, 0.15) is 49.8 Å². The molecule has 42 heavy (non-hydrogen) atoms. The molecule has 3 aromatic rings. The van der Waals surface area contributed by atoms with E-state index in [0.717, 1.165) is 29.4 Å². The molecule has 2 atom stereocenters. The summed E-state index contributed by atoms with van der Waals surface area (Å²) in [4.78, 5) is 29.3. The van der Waals surface area contributed by atoms with Crippen LogP contribution in [0.4, 0.5) is 5.69 Å². The van der Waals surface area contributed by atoms with Gasteiger partial charge in [0.1, 0.15) is 11.8 Å². The van der Waals surface area contributed by atoms with Gasteiger partial charge in [0.2, 0.25) is 21.8 Å². The number of nitrogens with zero attached hydrogens (tertiary/aromatic N) is 2. The van der Waals surface area contributed by atoms with Crippen molar-refractivity contribution < 1.29 is 22.7 Å². The summed E-state index contributed by atoms with van der Waals surface area (Å²) in [5.74, 6) is 0.125. The molecule has 0 bridgehead atoms. The van der Waals surface area contributed by atoms with Crippen LogP contribution in [0.15, 0.2) is 78.9 Å². The van der Waals surface area contributed by atoms with E-state index in [2.05, 4.69) is 5.32 Å². The Morgan fingerprint density at radius 1 is 0.976 bits per heavy atom. The summed E-state index contributed by atoms with van der Waals surface area (Å²) < 4.78 is 31.9. The summed E-state index contributed by atoms with van der Waals surface area (Å²) in [5.41, 5.74) is 3.40. The van der Waals surface area contributed by atoms with E-state index in [1.165, 1.54) is 11.4 Å². The summed E-state index contributed by atoms with van der Waals surface area (Å²) in [7, 11) is -2.09. The van der Waals surface area contributed by atoms with Crippen molar-refractivity contribution in [2.45, 2.75) is 65.1 Å². The molecule has 0 spiro atoms. The maximum atomic E-state index is 14.0. The number of aryl methyl sites for hydroxylation is 1. The molecular formula is C33H43N3O5S. The van der Waals surface area contributed by atoms with Crippen LogP contribution in [-0.2, 0) is 32.6 Å².